The second-order valence-electron chi connectivity index (χ2n) is 11.9. The highest BCUT2D eigenvalue weighted by molar-refractivity contribution is 6.00. The van der Waals surface area contributed by atoms with Gasteiger partial charge in [-0.15, -0.1) is 0 Å². The molecule has 0 bridgehead atoms. The van der Waals surface area contributed by atoms with Gasteiger partial charge >= 0.3 is 0 Å². The summed E-state index contributed by atoms with van der Waals surface area (Å²) in [5, 5.41) is 20.6. The summed E-state index contributed by atoms with van der Waals surface area (Å²) in [7, 11) is 1.87. The largest absolute Gasteiger partial charge is 0.390 e. The molecule has 4 N–H and O–H groups in total. The van der Waals surface area contributed by atoms with E-state index in [1.54, 1.807) is 17.0 Å². The smallest absolute Gasteiger partial charge is 0.253 e. The van der Waals surface area contributed by atoms with Gasteiger partial charge in [-0.2, -0.15) is 0 Å². The fourth-order valence-corrected chi connectivity index (χ4v) is 5.58. The topological polar surface area (TPSA) is 93.7 Å². The second kappa shape index (κ2) is 19.1. The van der Waals surface area contributed by atoms with Crippen molar-refractivity contribution in [1.29, 1.82) is 0 Å². The highest BCUT2D eigenvalue weighted by Gasteiger charge is 2.25. The van der Waals surface area contributed by atoms with Gasteiger partial charge in [0.2, 0.25) is 0 Å². The van der Waals surface area contributed by atoms with Crippen LogP contribution >= 0.6 is 0 Å². The summed E-state index contributed by atoms with van der Waals surface area (Å²) >= 11 is 0. The monoisotopic (exact) mass is 636 g/mol. The molecule has 0 saturated carbocycles. The molecule has 250 valence electrons. The van der Waals surface area contributed by atoms with Crippen LogP contribution in [0, 0.1) is 11.6 Å². The zero-order valence-electron chi connectivity index (χ0n) is 27.7. The molecule has 0 spiro atoms. The van der Waals surface area contributed by atoms with E-state index >= 15 is 0 Å². The van der Waals surface area contributed by atoms with Gasteiger partial charge in [0, 0.05) is 43.4 Å². The zero-order chi connectivity index (χ0) is 33.5. The Morgan fingerprint density at radius 2 is 1.52 bits per heavy atom. The first-order valence-corrected chi connectivity index (χ1v) is 16.5. The summed E-state index contributed by atoms with van der Waals surface area (Å²) in [6, 6.07) is 15.7. The number of nitrogens with one attached hydrogen (secondary N) is 3. The summed E-state index contributed by atoms with van der Waals surface area (Å²) in [6.07, 6.45) is 2.97. The number of aryl methyl sites for hydroxylation is 2. The van der Waals surface area contributed by atoms with E-state index < -0.39 is 29.7 Å². The molecule has 0 heterocycles. The van der Waals surface area contributed by atoms with E-state index in [0.29, 0.717) is 42.7 Å². The molecule has 0 radical (unpaired) electrons. The molecule has 3 rings (SSSR count). The average Bonchev–Trinajstić information content (AvgIpc) is 3.03. The van der Waals surface area contributed by atoms with Crippen molar-refractivity contribution in [2.75, 3.05) is 33.2 Å². The Morgan fingerprint density at radius 1 is 0.848 bits per heavy atom. The summed E-state index contributed by atoms with van der Waals surface area (Å²) in [5.74, 6) is -2.07. The van der Waals surface area contributed by atoms with Crippen LogP contribution in [-0.2, 0) is 25.8 Å². The third-order valence-electron chi connectivity index (χ3n) is 7.91. The van der Waals surface area contributed by atoms with Gasteiger partial charge in [0.05, 0.1) is 12.1 Å². The maximum atomic E-state index is 14.1. The number of benzene rings is 3. The molecule has 0 aliphatic rings. The van der Waals surface area contributed by atoms with Crippen molar-refractivity contribution < 1.29 is 23.5 Å². The normalized spacial score (nSPS) is 12.5. The number of amides is 2. The first-order valence-electron chi connectivity index (χ1n) is 16.5. The van der Waals surface area contributed by atoms with Gasteiger partial charge in [-0.05, 0) is 105 Å². The highest BCUT2D eigenvalue weighted by atomic mass is 19.1. The van der Waals surface area contributed by atoms with Gasteiger partial charge < -0.3 is 26.0 Å². The number of carbonyl (C=O) groups is 2. The first-order chi connectivity index (χ1) is 22.2. The molecule has 0 aromatic heterocycles. The number of rotatable bonds is 19. The van der Waals surface area contributed by atoms with Crippen molar-refractivity contribution in [2.24, 2.45) is 0 Å². The van der Waals surface area contributed by atoms with Crippen LogP contribution < -0.4 is 16.0 Å². The SMILES string of the molecule is CCCN(CCC)C(=O)c1cc(CCCNC)cc(C(=O)NC(Cc2cc(F)cc(F)c2)C(O)CNCc2cccc(CC)c2)c1. The molecule has 2 unspecified atom stereocenters. The Bertz CT molecular complexity index is 1390. The number of hydrogen-bond acceptors (Lipinski definition) is 5. The maximum Gasteiger partial charge on any atom is 0.253 e. The van der Waals surface area contributed by atoms with Crippen molar-refractivity contribution in [3.05, 3.63) is 106 Å². The number of carbonyl (C=O) groups excluding carboxylic acids is 2. The number of aliphatic hydroxyl groups excluding tert-OH is 1. The van der Waals surface area contributed by atoms with Gasteiger partial charge in [0.1, 0.15) is 11.6 Å². The van der Waals surface area contributed by atoms with Crippen molar-refractivity contribution in [2.45, 2.75) is 78.0 Å². The van der Waals surface area contributed by atoms with E-state index in [0.717, 1.165) is 49.4 Å². The van der Waals surface area contributed by atoms with Crippen LogP contribution in [0.2, 0.25) is 0 Å². The number of hydrogen-bond donors (Lipinski definition) is 4. The van der Waals surface area contributed by atoms with E-state index in [-0.39, 0.29) is 18.9 Å². The van der Waals surface area contributed by atoms with Crippen molar-refractivity contribution >= 4 is 11.8 Å². The molecule has 0 fully saturated rings. The van der Waals surface area contributed by atoms with Crippen LogP contribution in [0.4, 0.5) is 8.78 Å². The molecule has 7 nitrogen and oxygen atoms in total. The molecule has 0 aliphatic heterocycles. The van der Waals surface area contributed by atoms with Crippen molar-refractivity contribution in [3.63, 3.8) is 0 Å². The lowest BCUT2D eigenvalue weighted by atomic mass is 9.98. The molecule has 0 aliphatic carbocycles. The first kappa shape index (κ1) is 36.8. The fraction of sp³-hybridized carbons (Fsp3) is 0.459. The van der Waals surface area contributed by atoms with Crippen LogP contribution in [0.15, 0.2) is 60.7 Å². The highest BCUT2D eigenvalue weighted by Crippen LogP contribution is 2.18. The van der Waals surface area contributed by atoms with Gasteiger partial charge in [-0.3, -0.25) is 9.59 Å². The minimum Gasteiger partial charge on any atom is -0.390 e. The summed E-state index contributed by atoms with van der Waals surface area (Å²) in [4.78, 5) is 29.2. The Morgan fingerprint density at radius 3 is 2.17 bits per heavy atom. The van der Waals surface area contributed by atoms with E-state index in [2.05, 4.69) is 35.0 Å². The molecule has 2 amide bonds. The van der Waals surface area contributed by atoms with E-state index in [1.165, 1.54) is 17.7 Å². The van der Waals surface area contributed by atoms with Crippen molar-refractivity contribution in [1.82, 2.24) is 20.9 Å². The molecular formula is C37H50F2N4O3. The number of aliphatic hydroxyl groups is 1. The number of halogens is 2. The predicted octanol–water partition coefficient (Wildman–Crippen LogP) is 5.43. The van der Waals surface area contributed by atoms with E-state index in [9.17, 15) is 23.5 Å². The second-order valence-corrected chi connectivity index (χ2v) is 11.9. The maximum absolute atomic E-state index is 14.1. The molecule has 9 heteroatoms. The minimum absolute atomic E-state index is 0.00299. The molecule has 3 aromatic carbocycles. The van der Waals surface area contributed by atoms with E-state index in [1.807, 2.05) is 39.1 Å². The summed E-state index contributed by atoms with van der Waals surface area (Å²) in [6.45, 7) is 8.79. The zero-order valence-corrected chi connectivity index (χ0v) is 27.7. The van der Waals surface area contributed by atoms with Gasteiger partial charge in [-0.25, -0.2) is 8.78 Å². The lowest BCUT2D eigenvalue weighted by molar-refractivity contribution is 0.0755. The quantitative estimate of drug-likeness (QED) is 0.132. The molecule has 3 aromatic rings. The van der Waals surface area contributed by atoms with Crippen LogP contribution in [0.5, 0.6) is 0 Å². The fourth-order valence-electron chi connectivity index (χ4n) is 5.58. The summed E-state index contributed by atoms with van der Waals surface area (Å²) < 4.78 is 28.2. The van der Waals surface area contributed by atoms with E-state index in [4.69, 9.17) is 0 Å². The Balaban J connectivity index is 1.87. The summed E-state index contributed by atoms with van der Waals surface area (Å²) in [5.41, 5.74) is 4.17. The molecule has 46 heavy (non-hydrogen) atoms. The standard InChI is InChI=1S/C37H50F2N4O3/c1-5-14-43(15-6-2)37(46)31-18-27(12-9-13-40-4)17-30(22-31)36(45)42-34(21-29-19-32(38)23-33(39)20-29)35(44)25-41-24-28-11-8-10-26(7-3)16-28/h8,10-11,16-20,22-23,34-35,40-41,44H,5-7,9,12-15,21,24-25H2,1-4H3,(H,42,45). The van der Waals surface area contributed by atoms with Crippen LogP contribution in [-0.4, -0.2) is 67.2 Å². The lowest BCUT2D eigenvalue weighted by Gasteiger charge is -2.26. The third-order valence-corrected chi connectivity index (χ3v) is 7.91. The van der Waals surface area contributed by atoms with Crippen LogP contribution in [0.3, 0.4) is 0 Å². The lowest BCUT2D eigenvalue weighted by Crippen LogP contribution is -2.48. The molecular weight excluding hydrogens is 586 g/mol. The van der Waals surface area contributed by atoms with Crippen molar-refractivity contribution in [3.8, 4) is 0 Å². The minimum atomic E-state index is -1.07. The van der Waals surface area contributed by atoms with Gasteiger partial charge in [0.15, 0.2) is 0 Å². The average molecular weight is 637 g/mol. The molecule has 2 atom stereocenters. The Kier molecular flexibility index (Phi) is 15.3. The van der Waals surface area contributed by atoms with Gasteiger partial charge in [0.25, 0.3) is 11.8 Å². The van der Waals surface area contributed by atoms with Gasteiger partial charge in [-0.1, -0.05) is 45.0 Å². The Labute approximate surface area is 272 Å². The van der Waals surface area contributed by atoms with Crippen LogP contribution in [0.25, 0.3) is 0 Å². The van der Waals surface area contributed by atoms with Crippen LogP contribution in [0.1, 0.15) is 83.0 Å². The number of nitrogens with zero attached hydrogens (tertiary/aromatic N) is 1. The third kappa shape index (κ3) is 11.6. The Hall–Kier alpha value is -3.66. The molecule has 0 saturated heterocycles. The predicted molar refractivity (Wildman–Crippen MR) is 180 cm³/mol.